The molecule has 7 heteroatoms. The molecule has 1 aromatic carbocycles. The molecule has 1 aromatic heterocycles. The third kappa shape index (κ3) is 3.41. The van der Waals surface area contributed by atoms with Gasteiger partial charge in [0.1, 0.15) is 0 Å². The highest BCUT2D eigenvalue weighted by atomic mass is 16.1. The molecule has 25 heavy (non-hydrogen) atoms. The van der Waals surface area contributed by atoms with Crippen LogP contribution in [-0.4, -0.2) is 35.1 Å². The van der Waals surface area contributed by atoms with E-state index in [0.717, 1.165) is 17.8 Å². The highest BCUT2D eigenvalue weighted by molar-refractivity contribution is 5.94. The summed E-state index contributed by atoms with van der Waals surface area (Å²) in [5, 5.41) is 9.10. The van der Waals surface area contributed by atoms with Gasteiger partial charge < -0.3 is 16.0 Å². The van der Waals surface area contributed by atoms with Crippen LogP contribution in [0.5, 0.6) is 0 Å². The van der Waals surface area contributed by atoms with Crippen LogP contribution < -0.4 is 21.5 Å². The van der Waals surface area contributed by atoms with Crippen LogP contribution in [-0.2, 0) is 13.0 Å². The molecule has 1 aliphatic heterocycles. The van der Waals surface area contributed by atoms with E-state index in [0.29, 0.717) is 30.2 Å². The number of amides is 1. The van der Waals surface area contributed by atoms with Gasteiger partial charge in [0, 0.05) is 30.8 Å². The van der Waals surface area contributed by atoms with E-state index in [4.69, 9.17) is 0 Å². The average Bonchev–Trinajstić information content (AvgIpc) is 2.61. The Kier molecular flexibility index (Phi) is 4.85. The number of nitrogens with zero attached hydrogens (tertiary/aromatic N) is 2. The van der Waals surface area contributed by atoms with Crippen molar-refractivity contribution >= 4 is 11.9 Å². The lowest BCUT2D eigenvalue weighted by Crippen LogP contribution is -2.36. The maximum Gasteiger partial charge on any atom is 0.263 e. The molecule has 2 aromatic rings. The van der Waals surface area contributed by atoms with Crippen LogP contribution >= 0.6 is 0 Å². The lowest BCUT2D eigenvalue weighted by molar-refractivity contribution is 0.0963. The van der Waals surface area contributed by atoms with E-state index >= 15 is 0 Å². The van der Waals surface area contributed by atoms with Crippen LogP contribution in [0.1, 0.15) is 35.5 Å². The summed E-state index contributed by atoms with van der Waals surface area (Å²) in [5.74, 6) is 0.365. The number of rotatable bonds is 4. The number of fused-ring (bicyclic) bond motifs is 1. The number of carbonyl (C=O) groups excluding carboxylic acids is 1. The summed E-state index contributed by atoms with van der Waals surface area (Å²) < 4.78 is 1.60. The van der Waals surface area contributed by atoms with Crippen molar-refractivity contribution in [2.24, 2.45) is 0 Å². The second-order valence-electron chi connectivity index (χ2n) is 6.35. The largest absolute Gasteiger partial charge is 0.355 e. The molecule has 1 aliphatic rings. The highest BCUT2D eigenvalue weighted by Crippen LogP contribution is 2.17. The van der Waals surface area contributed by atoms with Crippen molar-refractivity contribution < 1.29 is 4.79 Å². The molecule has 132 valence electrons. The number of hydrogen-bond donors (Lipinski definition) is 3. The van der Waals surface area contributed by atoms with Gasteiger partial charge in [0.15, 0.2) is 0 Å². The molecule has 2 heterocycles. The van der Waals surface area contributed by atoms with Crippen LogP contribution in [0.2, 0.25) is 0 Å². The molecule has 3 rings (SSSR count). The predicted molar refractivity (Wildman–Crippen MR) is 97.4 cm³/mol. The van der Waals surface area contributed by atoms with Gasteiger partial charge >= 0.3 is 0 Å². The van der Waals surface area contributed by atoms with Crippen molar-refractivity contribution in [3.63, 3.8) is 0 Å². The predicted octanol–water partition coefficient (Wildman–Crippen LogP) is 1.06. The first-order chi connectivity index (χ1) is 12.0. The van der Waals surface area contributed by atoms with Gasteiger partial charge in [0.05, 0.1) is 11.4 Å². The summed E-state index contributed by atoms with van der Waals surface area (Å²) in [7, 11) is 1.59. The second-order valence-corrected chi connectivity index (χ2v) is 6.35. The molecular formula is C18H23N5O2. The summed E-state index contributed by atoms with van der Waals surface area (Å²) in [5.41, 5.74) is 2.74. The smallest absolute Gasteiger partial charge is 0.263 e. The minimum atomic E-state index is -0.158. The van der Waals surface area contributed by atoms with E-state index in [1.54, 1.807) is 35.9 Å². The molecule has 0 saturated carbocycles. The van der Waals surface area contributed by atoms with Gasteiger partial charge in [-0.3, -0.25) is 9.59 Å². The zero-order valence-electron chi connectivity index (χ0n) is 14.7. The molecular weight excluding hydrogens is 318 g/mol. The molecule has 0 radical (unpaired) electrons. The Balaban J connectivity index is 2.13. The number of hydrogen-bond acceptors (Lipinski definition) is 5. The highest BCUT2D eigenvalue weighted by Gasteiger charge is 2.20. The van der Waals surface area contributed by atoms with Crippen molar-refractivity contribution in [1.82, 2.24) is 20.2 Å². The number of benzene rings is 1. The normalized spacial score (nSPS) is 13.4. The fourth-order valence-corrected chi connectivity index (χ4v) is 2.92. The average molecular weight is 341 g/mol. The van der Waals surface area contributed by atoms with Crippen LogP contribution in [0, 0.1) is 0 Å². The third-order valence-corrected chi connectivity index (χ3v) is 4.14. The van der Waals surface area contributed by atoms with Gasteiger partial charge in [-0.05, 0) is 51.1 Å². The molecule has 0 spiro atoms. The molecule has 0 fully saturated rings. The Morgan fingerprint density at radius 1 is 1.28 bits per heavy atom. The Hall–Kier alpha value is -2.67. The minimum Gasteiger partial charge on any atom is -0.355 e. The lowest BCUT2D eigenvalue weighted by atomic mass is 10.1. The molecule has 0 unspecified atom stereocenters. The van der Waals surface area contributed by atoms with Crippen LogP contribution in [0.3, 0.4) is 0 Å². The van der Waals surface area contributed by atoms with Gasteiger partial charge in [0.2, 0.25) is 5.95 Å². The topological polar surface area (TPSA) is 88.1 Å². The summed E-state index contributed by atoms with van der Waals surface area (Å²) in [4.78, 5) is 29.5. The van der Waals surface area contributed by atoms with Crippen LogP contribution in [0.15, 0.2) is 29.1 Å². The summed E-state index contributed by atoms with van der Waals surface area (Å²) in [6.45, 7) is 5.38. The Morgan fingerprint density at radius 3 is 2.64 bits per heavy atom. The second kappa shape index (κ2) is 7.06. The molecule has 3 N–H and O–H groups in total. The summed E-state index contributed by atoms with van der Waals surface area (Å²) >= 11 is 0. The van der Waals surface area contributed by atoms with E-state index < -0.39 is 0 Å². The first-order valence-electron chi connectivity index (χ1n) is 8.46. The van der Waals surface area contributed by atoms with Crippen molar-refractivity contribution in [2.45, 2.75) is 32.9 Å². The van der Waals surface area contributed by atoms with Gasteiger partial charge in [-0.1, -0.05) is 0 Å². The number of carbonyl (C=O) groups is 1. The molecule has 0 bridgehead atoms. The van der Waals surface area contributed by atoms with E-state index in [9.17, 15) is 9.59 Å². The fraction of sp³-hybridized carbons (Fsp3) is 0.389. The molecule has 0 aliphatic carbocycles. The zero-order chi connectivity index (χ0) is 18.0. The minimum absolute atomic E-state index is 0.0534. The number of anilines is 1. The first kappa shape index (κ1) is 17.2. The maximum absolute atomic E-state index is 13.1. The molecule has 0 atom stereocenters. The number of aromatic nitrogens is 2. The quantitative estimate of drug-likeness (QED) is 0.774. The Labute approximate surface area is 146 Å². The first-order valence-corrected chi connectivity index (χ1v) is 8.46. The Morgan fingerprint density at radius 2 is 2.00 bits per heavy atom. The van der Waals surface area contributed by atoms with Gasteiger partial charge in [-0.15, -0.1) is 0 Å². The molecule has 7 nitrogen and oxygen atoms in total. The van der Waals surface area contributed by atoms with Gasteiger partial charge in [-0.25, -0.2) is 9.55 Å². The van der Waals surface area contributed by atoms with Crippen LogP contribution in [0.4, 0.5) is 5.95 Å². The van der Waals surface area contributed by atoms with Crippen molar-refractivity contribution in [3.05, 3.63) is 51.4 Å². The Bertz CT molecular complexity index is 840. The standard InChI is InChI=1S/C18H23N5O2/c1-11(2)21-18-22-15-10-20-9-8-14(15)17(25)23(18)13-6-4-12(5-7-13)16(24)19-3/h4-7,11,20H,8-10H2,1-3H3,(H,19,24)(H,21,22). The maximum atomic E-state index is 13.1. The van der Waals surface area contributed by atoms with Crippen molar-refractivity contribution in [1.29, 1.82) is 0 Å². The van der Waals surface area contributed by atoms with Gasteiger partial charge in [-0.2, -0.15) is 0 Å². The monoisotopic (exact) mass is 341 g/mol. The fourth-order valence-electron chi connectivity index (χ4n) is 2.92. The van der Waals surface area contributed by atoms with E-state index in [-0.39, 0.29) is 17.5 Å². The van der Waals surface area contributed by atoms with E-state index in [2.05, 4.69) is 20.9 Å². The van der Waals surface area contributed by atoms with Crippen molar-refractivity contribution in [3.8, 4) is 5.69 Å². The van der Waals surface area contributed by atoms with Gasteiger partial charge in [0.25, 0.3) is 11.5 Å². The lowest BCUT2D eigenvalue weighted by Gasteiger charge is -2.22. The SMILES string of the molecule is CNC(=O)c1ccc(-n2c(NC(C)C)nc3c(c2=O)CCNC3)cc1. The van der Waals surface area contributed by atoms with E-state index in [1.165, 1.54) is 0 Å². The number of nitrogens with one attached hydrogen (secondary N) is 3. The van der Waals surface area contributed by atoms with E-state index in [1.807, 2.05) is 13.8 Å². The summed E-state index contributed by atoms with van der Waals surface area (Å²) in [6, 6.07) is 7.10. The van der Waals surface area contributed by atoms with Crippen molar-refractivity contribution in [2.75, 3.05) is 18.9 Å². The summed E-state index contributed by atoms with van der Waals surface area (Å²) in [6.07, 6.45) is 0.666. The molecule has 0 saturated heterocycles. The third-order valence-electron chi connectivity index (χ3n) is 4.14. The van der Waals surface area contributed by atoms with Crippen LogP contribution in [0.25, 0.3) is 5.69 Å². The zero-order valence-corrected chi connectivity index (χ0v) is 14.7. The molecule has 1 amide bonds.